The van der Waals surface area contributed by atoms with Crippen LogP contribution in [0.3, 0.4) is 0 Å². The molecule has 2 aromatic heterocycles. The standard InChI is InChI=1S/C17H21N5O/c1-20(2)8-9-22-7-6-13-10-15(4-5-16(13)22)19-17(23)14-11-18-21(3)12-14/h4-7,10-12H,8-9H2,1-3H3,(H,19,23). The molecule has 0 aliphatic heterocycles. The number of hydrogen-bond acceptors (Lipinski definition) is 3. The van der Waals surface area contributed by atoms with E-state index in [-0.39, 0.29) is 5.91 Å². The van der Waals surface area contributed by atoms with E-state index in [1.54, 1.807) is 24.1 Å². The van der Waals surface area contributed by atoms with Gasteiger partial charge in [0.15, 0.2) is 0 Å². The Hall–Kier alpha value is -2.60. The second-order valence-corrected chi connectivity index (χ2v) is 5.94. The predicted octanol–water partition coefficient (Wildman–Crippen LogP) is 2.19. The summed E-state index contributed by atoms with van der Waals surface area (Å²) >= 11 is 0. The molecule has 23 heavy (non-hydrogen) atoms. The molecular weight excluding hydrogens is 290 g/mol. The van der Waals surface area contributed by atoms with Crippen molar-refractivity contribution in [3.05, 3.63) is 48.4 Å². The second-order valence-electron chi connectivity index (χ2n) is 5.94. The number of benzene rings is 1. The molecule has 0 aliphatic rings. The number of amides is 1. The second kappa shape index (κ2) is 6.26. The monoisotopic (exact) mass is 311 g/mol. The molecule has 0 saturated heterocycles. The number of nitrogens with zero attached hydrogens (tertiary/aromatic N) is 4. The van der Waals surface area contributed by atoms with Crippen molar-refractivity contribution in [2.45, 2.75) is 6.54 Å². The fraction of sp³-hybridized carbons (Fsp3) is 0.294. The first-order chi connectivity index (χ1) is 11.0. The van der Waals surface area contributed by atoms with Gasteiger partial charge >= 0.3 is 0 Å². The van der Waals surface area contributed by atoms with Gasteiger partial charge in [0.05, 0.1) is 11.8 Å². The van der Waals surface area contributed by atoms with Gasteiger partial charge in [0, 0.05) is 49.1 Å². The highest BCUT2D eigenvalue weighted by Crippen LogP contribution is 2.21. The number of likely N-dealkylation sites (N-methyl/N-ethyl adjacent to an activating group) is 1. The quantitative estimate of drug-likeness (QED) is 0.786. The Balaban J connectivity index is 1.77. The number of hydrogen-bond donors (Lipinski definition) is 1. The lowest BCUT2D eigenvalue weighted by Crippen LogP contribution is -2.17. The van der Waals surface area contributed by atoms with Gasteiger partial charge in [-0.1, -0.05) is 0 Å². The SMILES string of the molecule is CN(C)CCn1ccc2cc(NC(=O)c3cnn(C)c3)ccc21. The van der Waals surface area contributed by atoms with Crippen LogP contribution in [0, 0.1) is 0 Å². The van der Waals surface area contributed by atoms with Crippen LogP contribution in [0.25, 0.3) is 10.9 Å². The van der Waals surface area contributed by atoms with E-state index in [1.165, 1.54) is 5.52 Å². The molecule has 0 unspecified atom stereocenters. The van der Waals surface area contributed by atoms with Crippen molar-refractivity contribution in [3.63, 3.8) is 0 Å². The third kappa shape index (κ3) is 3.43. The van der Waals surface area contributed by atoms with E-state index in [2.05, 4.69) is 46.2 Å². The molecule has 0 atom stereocenters. The van der Waals surface area contributed by atoms with Crippen LogP contribution in [0.4, 0.5) is 5.69 Å². The van der Waals surface area contributed by atoms with E-state index in [1.807, 2.05) is 18.2 Å². The molecule has 6 heteroatoms. The Labute approximate surface area is 135 Å². The lowest BCUT2D eigenvalue weighted by atomic mass is 10.2. The van der Waals surface area contributed by atoms with Crippen LogP contribution in [0.2, 0.25) is 0 Å². The first-order valence-electron chi connectivity index (χ1n) is 7.56. The summed E-state index contributed by atoms with van der Waals surface area (Å²) in [4.78, 5) is 14.3. The summed E-state index contributed by atoms with van der Waals surface area (Å²) in [6.45, 7) is 1.93. The molecule has 0 fully saturated rings. The number of carbonyl (C=O) groups excluding carboxylic acids is 1. The molecule has 120 valence electrons. The Bertz CT molecular complexity index is 830. The molecule has 0 saturated carbocycles. The van der Waals surface area contributed by atoms with Gasteiger partial charge in [0.1, 0.15) is 0 Å². The van der Waals surface area contributed by atoms with E-state index in [4.69, 9.17) is 0 Å². The summed E-state index contributed by atoms with van der Waals surface area (Å²) in [5.74, 6) is -0.149. The fourth-order valence-corrected chi connectivity index (χ4v) is 2.52. The summed E-state index contributed by atoms with van der Waals surface area (Å²) in [7, 11) is 5.93. The number of aromatic nitrogens is 3. The first-order valence-corrected chi connectivity index (χ1v) is 7.56. The van der Waals surface area contributed by atoms with Gasteiger partial charge in [-0.3, -0.25) is 9.48 Å². The predicted molar refractivity (Wildman–Crippen MR) is 91.7 cm³/mol. The minimum absolute atomic E-state index is 0.149. The molecule has 1 amide bonds. The number of rotatable bonds is 5. The summed E-state index contributed by atoms with van der Waals surface area (Å²) < 4.78 is 3.84. The van der Waals surface area contributed by atoms with Crippen molar-refractivity contribution in [1.29, 1.82) is 0 Å². The highest BCUT2D eigenvalue weighted by Gasteiger charge is 2.09. The number of fused-ring (bicyclic) bond motifs is 1. The average molecular weight is 311 g/mol. The van der Waals surface area contributed by atoms with E-state index in [9.17, 15) is 4.79 Å². The first kappa shape index (κ1) is 15.3. The molecule has 3 rings (SSSR count). The van der Waals surface area contributed by atoms with Gasteiger partial charge < -0.3 is 14.8 Å². The minimum Gasteiger partial charge on any atom is -0.346 e. The molecule has 0 aliphatic carbocycles. The van der Waals surface area contributed by atoms with Crippen LogP contribution in [-0.4, -0.2) is 45.8 Å². The zero-order valence-corrected chi connectivity index (χ0v) is 13.7. The molecule has 1 aromatic carbocycles. The molecule has 0 bridgehead atoms. The number of anilines is 1. The minimum atomic E-state index is -0.149. The van der Waals surface area contributed by atoms with Gasteiger partial charge in [-0.25, -0.2) is 0 Å². The average Bonchev–Trinajstić information content (AvgIpc) is 3.11. The highest BCUT2D eigenvalue weighted by atomic mass is 16.1. The third-order valence-electron chi connectivity index (χ3n) is 3.78. The van der Waals surface area contributed by atoms with E-state index < -0.39 is 0 Å². The summed E-state index contributed by atoms with van der Waals surface area (Å²) in [5, 5.41) is 8.05. The molecule has 3 aromatic rings. The maximum atomic E-state index is 12.2. The molecule has 0 radical (unpaired) electrons. The van der Waals surface area contributed by atoms with Crippen molar-refractivity contribution in [1.82, 2.24) is 19.2 Å². The summed E-state index contributed by atoms with van der Waals surface area (Å²) in [5.41, 5.74) is 2.51. The van der Waals surface area contributed by atoms with Crippen molar-refractivity contribution in [2.75, 3.05) is 26.0 Å². The van der Waals surface area contributed by atoms with Crippen LogP contribution in [0.15, 0.2) is 42.9 Å². The molecule has 2 heterocycles. The van der Waals surface area contributed by atoms with Crippen LogP contribution in [-0.2, 0) is 13.6 Å². The van der Waals surface area contributed by atoms with Crippen LogP contribution in [0.5, 0.6) is 0 Å². The van der Waals surface area contributed by atoms with Crippen LogP contribution in [0.1, 0.15) is 10.4 Å². The highest BCUT2D eigenvalue weighted by molar-refractivity contribution is 6.04. The van der Waals surface area contributed by atoms with Gasteiger partial charge in [0.2, 0.25) is 0 Å². The van der Waals surface area contributed by atoms with E-state index in [0.717, 1.165) is 24.2 Å². The van der Waals surface area contributed by atoms with E-state index >= 15 is 0 Å². The molecule has 1 N–H and O–H groups in total. The van der Waals surface area contributed by atoms with Crippen LogP contribution < -0.4 is 5.32 Å². The van der Waals surface area contributed by atoms with E-state index in [0.29, 0.717) is 5.56 Å². The Morgan fingerprint density at radius 2 is 2.13 bits per heavy atom. The van der Waals surface area contributed by atoms with Crippen molar-refractivity contribution < 1.29 is 4.79 Å². The third-order valence-corrected chi connectivity index (χ3v) is 3.78. The molecular formula is C17H21N5O. The maximum Gasteiger partial charge on any atom is 0.258 e. The Morgan fingerprint density at radius 1 is 1.30 bits per heavy atom. The van der Waals surface area contributed by atoms with Crippen molar-refractivity contribution >= 4 is 22.5 Å². The lowest BCUT2D eigenvalue weighted by Gasteiger charge is -2.11. The zero-order chi connectivity index (χ0) is 16.4. The van der Waals surface area contributed by atoms with Crippen molar-refractivity contribution in [2.24, 2.45) is 7.05 Å². The molecule has 6 nitrogen and oxygen atoms in total. The Kier molecular flexibility index (Phi) is 4.16. The summed E-state index contributed by atoms with van der Waals surface area (Å²) in [6.07, 6.45) is 5.35. The number of carbonyl (C=O) groups is 1. The Morgan fingerprint density at radius 3 is 2.83 bits per heavy atom. The normalized spacial score (nSPS) is 11.3. The zero-order valence-electron chi connectivity index (χ0n) is 13.7. The van der Waals surface area contributed by atoms with Gasteiger partial charge in [-0.05, 0) is 38.4 Å². The lowest BCUT2D eigenvalue weighted by molar-refractivity contribution is 0.102. The maximum absolute atomic E-state index is 12.2. The number of aryl methyl sites for hydroxylation is 1. The van der Waals surface area contributed by atoms with Gasteiger partial charge in [-0.2, -0.15) is 5.10 Å². The fourth-order valence-electron chi connectivity index (χ4n) is 2.52. The number of nitrogens with one attached hydrogen (secondary N) is 1. The van der Waals surface area contributed by atoms with Gasteiger partial charge in [0.25, 0.3) is 5.91 Å². The smallest absolute Gasteiger partial charge is 0.258 e. The largest absolute Gasteiger partial charge is 0.346 e. The van der Waals surface area contributed by atoms with Crippen LogP contribution >= 0.6 is 0 Å². The molecule has 0 spiro atoms. The van der Waals surface area contributed by atoms with Crippen molar-refractivity contribution in [3.8, 4) is 0 Å². The topological polar surface area (TPSA) is 55.1 Å². The van der Waals surface area contributed by atoms with Gasteiger partial charge in [-0.15, -0.1) is 0 Å². The summed E-state index contributed by atoms with van der Waals surface area (Å²) in [6, 6.07) is 8.05.